The fourth-order valence-corrected chi connectivity index (χ4v) is 5.20. The molecule has 0 atom stereocenters. The summed E-state index contributed by atoms with van der Waals surface area (Å²) >= 11 is 11.9. The van der Waals surface area contributed by atoms with Crippen LogP contribution in [0.3, 0.4) is 0 Å². The third kappa shape index (κ3) is 4.44. The molecular weight excluding hydrogens is 437 g/mol. The summed E-state index contributed by atoms with van der Waals surface area (Å²) in [5, 5.41) is 9.22. The lowest BCUT2D eigenvalue weighted by atomic mass is 10.3. The first kappa shape index (κ1) is 20.6. The van der Waals surface area contributed by atoms with Gasteiger partial charge in [0.2, 0.25) is 10.0 Å². The molecule has 3 heterocycles. The van der Waals surface area contributed by atoms with Crippen LogP contribution in [0, 0.1) is 0 Å². The first-order valence-corrected chi connectivity index (χ1v) is 11.5. The van der Waals surface area contributed by atoms with E-state index in [9.17, 15) is 8.42 Å². The van der Waals surface area contributed by atoms with E-state index in [-0.39, 0.29) is 9.92 Å². The number of halogens is 2. The van der Waals surface area contributed by atoms with Crippen molar-refractivity contribution in [3.63, 3.8) is 0 Å². The van der Waals surface area contributed by atoms with Gasteiger partial charge in [-0.25, -0.2) is 8.42 Å². The van der Waals surface area contributed by atoms with Gasteiger partial charge in [0.15, 0.2) is 11.6 Å². The predicted octanol–water partition coefficient (Wildman–Crippen LogP) is 2.13. The van der Waals surface area contributed by atoms with Gasteiger partial charge in [-0.3, -0.25) is 0 Å². The second-order valence-corrected chi connectivity index (χ2v) is 9.57. The summed E-state index contributed by atoms with van der Waals surface area (Å²) in [5.41, 5.74) is 0. The summed E-state index contributed by atoms with van der Waals surface area (Å²) in [6.07, 6.45) is 0. The molecule has 156 valence electrons. The van der Waals surface area contributed by atoms with Gasteiger partial charge >= 0.3 is 0 Å². The third-order valence-corrected chi connectivity index (χ3v) is 7.70. The van der Waals surface area contributed by atoms with E-state index in [1.165, 1.54) is 22.5 Å². The Hall–Kier alpha value is -1.65. The fraction of sp³-hybridized carbons (Fsp3) is 0.444. The SMILES string of the molecule is O=S(=O)(c1ccc(Cl)c(Cl)c1)N1CCN(c2ccc(N3CCOCC3)nn2)CC1. The molecule has 11 heteroatoms. The van der Waals surface area contributed by atoms with Crippen LogP contribution < -0.4 is 9.80 Å². The molecule has 2 aliphatic heterocycles. The summed E-state index contributed by atoms with van der Waals surface area (Å²) in [4.78, 5) is 4.33. The number of anilines is 2. The normalized spacial score (nSPS) is 18.8. The molecule has 0 radical (unpaired) electrons. The molecule has 0 bridgehead atoms. The van der Waals surface area contributed by atoms with Crippen LogP contribution in [0.2, 0.25) is 10.0 Å². The zero-order valence-electron chi connectivity index (χ0n) is 15.7. The highest BCUT2D eigenvalue weighted by atomic mass is 35.5. The van der Waals surface area contributed by atoms with Crippen molar-refractivity contribution in [1.82, 2.24) is 14.5 Å². The van der Waals surface area contributed by atoms with Crippen LogP contribution in [-0.4, -0.2) is 75.4 Å². The molecule has 0 aliphatic carbocycles. The van der Waals surface area contributed by atoms with Gasteiger partial charge in [0.05, 0.1) is 28.2 Å². The molecule has 8 nitrogen and oxygen atoms in total. The third-order valence-electron chi connectivity index (χ3n) is 5.06. The van der Waals surface area contributed by atoms with Crippen LogP contribution in [0.1, 0.15) is 0 Å². The van der Waals surface area contributed by atoms with E-state index in [1.54, 1.807) is 0 Å². The largest absolute Gasteiger partial charge is 0.378 e. The molecule has 0 spiro atoms. The number of morpholine rings is 1. The molecule has 0 N–H and O–H groups in total. The van der Waals surface area contributed by atoms with Gasteiger partial charge in [0.25, 0.3) is 0 Å². The molecule has 2 aliphatic rings. The number of sulfonamides is 1. The van der Waals surface area contributed by atoms with Crippen molar-refractivity contribution in [1.29, 1.82) is 0 Å². The minimum Gasteiger partial charge on any atom is -0.378 e. The summed E-state index contributed by atoms with van der Waals surface area (Å²) in [6.45, 7) is 4.78. The Balaban J connectivity index is 1.40. The molecule has 2 saturated heterocycles. The average molecular weight is 458 g/mol. The average Bonchev–Trinajstić information content (AvgIpc) is 2.76. The molecule has 0 unspecified atom stereocenters. The maximum atomic E-state index is 12.9. The standard InChI is InChI=1S/C18H21Cl2N5O3S/c19-15-2-1-14(13-16(15)20)29(26,27)25-7-5-23(6-8-25)17-3-4-18(22-21-17)24-9-11-28-12-10-24/h1-4,13H,5-12H2. The second-order valence-electron chi connectivity index (χ2n) is 6.82. The maximum Gasteiger partial charge on any atom is 0.243 e. The Morgan fingerprint density at radius 1 is 0.793 bits per heavy atom. The highest BCUT2D eigenvalue weighted by molar-refractivity contribution is 7.89. The van der Waals surface area contributed by atoms with Gasteiger partial charge in [0, 0.05) is 39.3 Å². The Kier molecular flexibility index (Phi) is 6.12. The van der Waals surface area contributed by atoms with Crippen molar-refractivity contribution in [2.24, 2.45) is 0 Å². The lowest BCUT2D eigenvalue weighted by Crippen LogP contribution is -2.49. The number of nitrogens with zero attached hydrogens (tertiary/aromatic N) is 5. The summed E-state index contributed by atoms with van der Waals surface area (Å²) in [7, 11) is -3.62. The first-order chi connectivity index (χ1) is 13.9. The minimum atomic E-state index is -3.62. The zero-order chi connectivity index (χ0) is 20.4. The van der Waals surface area contributed by atoms with E-state index in [2.05, 4.69) is 15.1 Å². The van der Waals surface area contributed by atoms with E-state index < -0.39 is 10.0 Å². The number of aromatic nitrogens is 2. The molecule has 2 aromatic rings. The van der Waals surface area contributed by atoms with E-state index in [4.69, 9.17) is 27.9 Å². The molecule has 0 amide bonds. The number of benzene rings is 1. The van der Waals surface area contributed by atoms with Crippen molar-refractivity contribution in [3.8, 4) is 0 Å². The van der Waals surface area contributed by atoms with Crippen LogP contribution >= 0.6 is 23.2 Å². The topological polar surface area (TPSA) is 78.9 Å². The highest BCUT2D eigenvalue weighted by Gasteiger charge is 2.29. The van der Waals surface area contributed by atoms with Crippen molar-refractivity contribution >= 4 is 44.9 Å². The van der Waals surface area contributed by atoms with Gasteiger partial charge in [-0.05, 0) is 30.3 Å². The quantitative estimate of drug-likeness (QED) is 0.695. The Morgan fingerprint density at radius 2 is 1.38 bits per heavy atom. The van der Waals surface area contributed by atoms with Crippen LogP contribution in [0.4, 0.5) is 11.6 Å². The van der Waals surface area contributed by atoms with Crippen molar-refractivity contribution < 1.29 is 13.2 Å². The Labute approximate surface area is 180 Å². The maximum absolute atomic E-state index is 12.9. The number of hydrogen-bond donors (Lipinski definition) is 0. The van der Waals surface area contributed by atoms with Crippen LogP contribution in [-0.2, 0) is 14.8 Å². The van der Waals surface area contributed by atoms with Gasteiger partial charge in [-0.2, -0.15) is 4.31 Å². The lowest BCUT2D eigenvalue weighted by molar-refractivity contribution is 0.122. The molecule has 29 heavy (non-hydrogen) atoms. The number of piperazine rings is 1. The smallest absolute Gasteiger partial charge is 0.243 e. The molecule has 1 aromatic heterocycles. The monoisotopic (exact) mass is 457 g/mol. The summed E-state index contributed by atoms with van der Waals surface area (Å²) < 4.78 is 32.6. The number of ether oxygens (including phenoxy) is 1. The lowest BCUT2D eigenvalue weighted by Gasteiger charge is -2.34. The van der Waals surface area contributed by atoms with E-state index in [1.807, 2.05) is 17.0 Å². The fourth-order valence-electron chi connectivity index (χ4n) is 3.39. The van der Waals surface area contributed by atoms with Crippen molar-refractivity contribution in [3.05, 3.63) is 40.4 Å². The van der Waals surface area contributed by atoms with E-state index in [0.29, 0.717) is 44.4 Å². The van der Waals surface area contributed by atoms with Crippen molar-refractivity contribution in [2.45, 2.75) is 4.90 Å². The van der Waals surface area contributed by atoms with Gasteiger partial charge < -0.3 is 14.5 Å². The molecule has 4 rings (SSSR count). The van der Waals surface area contributed by atoms with Crippen LogP contribution in [0.15, 0.2) is 35.2 Å². The molecule has 1 aromatic carbocycles. The second kappa shape index (κ2) is 8.61. The van der Waals surface area contributed by atoms with Crippen molar-refractivity contribution in [2.75, 3.05) is 62.3 Å². The summed E-state index contributed by atoms with van der Waals surface area (Å²) in [5.74, 6) is 1.58. The molecular formula is C18H21Cl2N5O3S. The Bertz CT molecular complexity index is 960. The highest BCUT2D eigenvalue weighted by Crippen LogP contribution is 2.27. The van der Waals surface area contributed by atoms with Gasteiger partial charge in [0.1, 0.15) is 0 Å². The minimum absolute atomic E-state index is 0.148. The van der Waals surface area contributed by atoms with Gasteiger partial charge in [-0.15, -0.1) is 10.2 Å². The summed E-state index contributed by atoms with van der Waals surface area (Å²) in [6, 6.07) is 8.25. The van der Waals surface area contributed by atoms with E-state index in [0.717, 1.165) is 24.7 Å². The van der Waals surface area contributed by atoms with E-state index >= 15 is 0 Å². The molecule has 2 fully saturated rings. The first-order valence-electron chi connectivity index (χ1n) is 9.32. The number of rotatable bonds is 4. The zero-order valence-corrected chi connectivity index (χ0v) is 18.0. The number of hydrogen-bond acceptors (Lipinski definition) is 7. The Morgan fingerprint density at radius 3 is 1.93 bits per heavy atom. The molecule has 0 saturated carbocycles. The van der Waals surface area contributed by atoms with Crippen LogP contribution in [0.25, 0.3) is 0 Å². The van der Waals surface area contributed by atoms with Crippen LogP contribution in [0.5, 0.6) is 0 Å². The predicted molar refractivity (Wildman–Crippen MR) is 112 cm³/mol. The van der Waals surface area contributed by atoms with Gasteiger partial charge in [-0.1, -0.05) is 23.2 Å².